The zero-order chi connectivity index (χ0) is 27.7. The molecule has 0 unspecified atom stereocenters. The Kier molecular flexibility index (Phi) is 7.72. The summed E-state index contributed by atoms with van der Waals surface area (Å²) in [5.41, 5.74) is 7.27. The molecule has 2 aliphatic rings. The van der Waals surface area contributed by atoms with Crippen molar-refractivity contribution < 1.29 is 27.9 Å². The first-order chi connectivity index (χ1) is 18.7. The summed E-state index contributed by atoms with van der Waals surface area (Å²) in [7, 11) is 0. The molecule has 3 amide bonds. The predicted octanol–water partition coefficient (Wildman–Crippen LogP) is 4.34. The van der Waals surface area contributed by atoms with E-state index in [0.717, 1.165) is 10.6 Å². The van der Waals surface area contributed by atoms with Crippen molar-refractivity contribution in [1.29, 1.82) is 0 Å². The fourth-order valence-electron chi connectivity index (χ4n) is 5.20. The molecule has 2 saturated heterocycles. The number of nitrogens with zero attached hydrogens (tertiary/aromatic N) is 3. The minimum atomic E-state index is -1.38. The van der Waals surface area contributed by atoms with Crippen molar-refractivity contribution in [2.75, 3.05) is 43.1 Å². The Morgan fingerprint density at radius 1 is 1.15 bits per heavy atom. The third kappa shape index (κ3) is 5.55. The number of amides is 3. The van der Waals surface area contributed by atoms with Gasteiger partial charge in [0.15, 0.2) is 5.78 Å². The second-order valence-electron chi connectivity index (χ2n) is 9.67. The lowest BCUT2D eigenvalue weighted by molar-refractivity contribution is -0.122. The molecule has 206 valence electrons. The number of morpholine rings is 1. The van der Waals surface area contributed by atoms with Crippen molar-refractivity contribution in [2.24, 2.45) is 5.73 Å². The summed E-state index contributed by atoms with van der Waals surface area (Å²) in [6.07, 6.45) is -0.183. The van der Waals surface area contributed by atoms with Gasteiger partial charge in [0.05, 0.1) is 42.0 Å². The molecule has 0 saturated carbocycles. The van der Waals surface area contributed by atoms with Crippen LogP contribution in [0.4, 0.5) is 29.7 Å². The van der Waals surface area contributed by atoms with Crippen LogP contribution in [0.2, 0.25) is 5.02 Å². The fraction of sp³-hybridized carbons (Fsp3) is 0.370. The van der Waals surface area contributed by atoms with Gasteiger partial charge in [-0.15, -0.1) is 0 Å². The Bertz CT molecular complexity index is 1420. The lowest BCUT2D eigenvalue weighted by Gasteiger charge is -2.29. The number of carbonyl (C=O) groups excluding carboxylic acids is 3. The Morgan fingerprint density at radius 2 is 1.90 bits per heavy atom. The van der Waals surface area contributed by atoms with E-state index in [9.17, 15) is 23.2 Å². The zero-order valence-corrected chi connectivity index (χ0v) is 21.8. The van der Waals surface area contributed by atoms with Gasteiger partial charge in [-0.05, 0) is 30.2 Å². The number of rotatable bonds is 6. The molecule has 3 aromatic rings. The highest BCUT2D eigenvalue weighted by atomic mass is 35.5. The second-order valence-corrected chi connectivity index (χ2v) is 10.1. The summed E-state index contributed by atoms with van der Waals surface area (Å²) < 4.78 is 35.8. The molecule has 3 heterocycles. The molecule has 2 aromatic carbocycles. The molecule has 2 atom stereocenters. The number of urea groups is 1. The second kappa shape index (κ2) is 11.2. The van der Waals surface area contributed by atoms with Crippen LogP contribution in [0, 0.1) is 5.82 Å². The molecule has 0 radical (unpaired) electrons. The summed E-state index contributed by atoms with van der Waals surface area (Å²) in [4.78, 5) is 41.4. The summed E-state index contributed by atoms with van der Waals surface area (Å²) in [6.45, 7) is 2.13. The number of alkyl halides is 1. The number of nitrogens with two attached hydrogens (primary N) is 1. The van der Waals surface area contributed by atoms with E-state index in [2.05, 4.69) is 5.32 Å². The van der Waals surface area contributed by atoms with Gasteiger partial charge in [0.25, 0.3) is 0 Å². The Labute approximate surface area is 228 Å². The number of ketones is 1. The number of para-hydroxylation sites is 1. The molecular weight excluding hydrogens is 532 g/mol. The number of hydrogen-bond acceptors (Lipinski definition) is 5. The highest BCUT2D eigenvalue weighted by Crippen LogP contribution is 2.30. The molecule has 0 bridgehead atoms. The van der Waals surface area contributed by atoms with Gasteiger partial charge in [0.2, 0.25) is 0 Å². The Hall–Kier alpha value is -3.70. The van der Waals surface area contributed by atoms with Crippen LogP contribution in [0.5, 0.6) is 0 Å². The average Bonchev–Trinajstić information content (AvgIpc) is 3.51. The van der Waals surface area contributed by atoms with Crippen molar-refractivity contribution in [3.05, 3.63) is 59.0 Å². The van der Waals surface area contributed by atoms with Gasteiger partial charge >= 0.3 is 12.1 Å². The van der Waals surface area contributed by atoms with Crippen LogP contribution < -0.4 is 16.0 Å². The van der Waals surface area contributed by atoms with E-state index in [4.69, 9.17) is 22.1 Å². The summed E-state index contributed by atoms with van der Waals surface area (Å²) >= 11 is 6.14. The normalized spacial score (nSPS) is 19.5. The highest BCUT2D eigenvalue weighted by Gasteiger charge is 2.39. The molecule has 9 nitrogen and oxygen atoms in total. The first kappa shape index (κ1) is 26.9. The Morgan fingerprint density at radius 3 is 2.64 bits per heavy atom. The maximum absolute atomic E-state index is 14.8. The van der Waals surface area contributed by atoms with Crippen molar-refractivity contribution in [3.8, 4) is 0 Å². The largest absolute Gasteiger partial charge is 0.378 e. The maximum atomic E-state index is 14.8. The molecule has 3 N–H and O–H groups in total. The van der Waals surface area contributed by atoms with E-state index in [1.54, 1.807) is 36.4 Å². The summed E-state index contributed by atoms with van der Waals surface area (Å²) in [5.74, 6) is -0.978. The number of benzene rings is 2. The van der Waals surface area contributed by atoms with Gasteiger partial charge in [-0.2, -0.15) is 0 Å². The average molecular weight is 560 g/mol. The quantitative estimate of drug-likeness (QED) is 0.467. The monoisotopic (exact) mass is 559 g/mol. The number of fused-ring (bicyclic) bond motifs is 1. The molecule has 2 fully saturated rings. The van der Waals surface area contributed by atoms with Gasteiger partial charge in [0, 0.05) is 43.2 Å². The molecule has 0 aliphatic carbocycles. The van der Waals surface area contributed by atoms with Crippen molar-refractivity contribution in [2.45, 2.75) is 31.5 Å². The van der Waals surface area contributed by atoms with Crippen LogP contribution in [-0.2, 0) is 16.0 Å². The standard InChI is InChI=1S/C27H28ClF2N5O4/c28-20-13-18(33-7-9-39-10-8-33)11-16(25(20)30)5-6-24(36)23-12-17(29)14-35(23)27(38)32-21-15-34(26(31)37)22-4-2-1-3-19(21)22/h1-4,11,13,15,17,23H,5-10,12,14H2,(H2,31,37)(H,32,38)/t17-,23+/m1/s1. The van der Waals surface area contributed by atoms with Gasteiger partial charge < -0.3 is 25.6 Å². The number of likely N-dealkylation sites (tertiary alicyclic amines) is 1. The number of nitrogens with one attached hydrogen (secondary N) is 1. The van der Waals surface area contributed by atoms with Gasteiger partial charge in [-0.1, -0.05) is 29.8 Å². The third-order valence-corrected chi connectivity index (χ3v) is 7.45. The lowest BCUT2D eigenvalue weighted by Crippen LogP contribution is -2.43. The van der Waals surface area contributed by atoms with Gasteiger partial charge in [0.1, 0.15) is 12.0 Å². The minimum absolute atomic E-state index is 0.0396. The van der Waals surface area contributed by atoms with Crippen molar-refractivity contribution in [1.82, 2.24) is 9.47 Å². The van der Waals surface area contributed by atoms with Crippen LogP contribution in [-0.4, -0.2) is 72.4 Å². The fourth-order valence-corrected chi connectivity index (χ4v) is 5.44. The third-order valence-electron chi connectivity index (χ3n) is 7.18. The maximum Gasteiger partial charge on any atom is 0.323 e. The lowest BCUT2D eigenvalue weighted by atomic mass is 10.0. The van der Waals surface area contributed by atoms with E-state index >= 15 is 0 Å². The van der Waals surface area contributed by atoms with E-state index in [1.165, 1.54) is 10.8 Å². The number of halogens is 3. The van der Waals surface area contributed by atoms with Crippen LogP contribution in [0.25, 0.3) is 10.9 Å². The predicted molar refractivity (Wildman–Crippen MR) is 144 cm³/mol. The van der Waals surface area contributed by atoms with E-state index in [-0.39, 0.29) is 42.2 Å². The highest BCUT2D eigenvalue weighted by molar-refractivity contribution is 6.31. The number of aryl methyl sites for hydroxylation is 1. The number of hydrogen-bond donors (Lipinski definition) is 2. The molecular formula is C27H28ClF2N5O4. The van der Waals surface area contributed by atoms with Crippen LogP contribution in [0.1, 0.15) is 18.4 Å². The van der Waals surface area contributed by atoms with Crippen LogP contribution >= 0.6 is 11.6 Å². The molecule has 12 heteroatoms. The first-order valence-corrected chi connectivity index (χ1v) is 13.1. The summed E-state index contributed by atoms with van der Waals surface area (Å²) in [5, 5.41) is 3.21. The van der Waals surface area contributed by atoms with E-state index in [0.29, 0.717) is 42.9 Å². The molecule has 0 spiro atoms. The molecule has 5 rings (SSSR count). The number of Topliss-reactive ketones (excluding diaryl/α,β-unsaturated/α-hetero) is 1. The SMILES string of the molecule is NC(=O)n1cc(NC(=O)N2C[C@H](F)C[C@H]2C(=O)CCc2cc(N3CCOCC3)cc(Cl)c2F)c2ccccc21. The molecule has 39 heavy (non-hydrogen) atoms. The Balaban J connectivity index is 1.30. The van der Waals surface area contributed by atoms with Crippen molar-refractivity contribution >= 4 is 51.7 Å². The number of aromatic nitrogens is 1. The van der Waals surface area contributed by atoms with Crippen LogP contribution in [0.15, 0.2) is 42.6 Å². The number of carbonyl (C=O) groups is 3. The number of anilines is 2. The first-order valence-electron chi connectivity index (χ1n) is 12.7. The van der Waals surface area contributed by atoms with Crippen LogP contribution in [0.3, 0.4) is 0 Å². The van der Waals surface area contributed by atoms with Gasteiger partial charge in [-0.25, -0.2) is 18.4 Å². The number of primary amides is 1. The number of ether oxygens (including phenoxy) is 1. The van der Waals surface area contributed by atoms with Crippen molar-refractivity contribution in [3.63, 3.8) is 0 Å². The minimum Gasteiger partial charge on any atom is -0.378 e. The molecule has 1 aromatic heterocycles. The van der Waals surface area contributed by atoms with E-state index < -0.39 is 30.1 Å². The zero-order valence-electron chi connectivity index (χ0n) is 21.0. The summed E-state index contributed by atoms with van der Waals surface area (Å²) in [6, 6.07) is 7.66. The topological polar surface area (TPSA) is 110 Å². The van der Waals surface area contributed by atoms with E-state index in [1.807, 2.05) is 4.90 Å². The molecule has 2 aliphatic heterocycles. The van der Waals surface area contributed by atoms with Gasteiger partial charge in [-0.3, -0.25) is 9.36 Å². The smallest absolute Gasteiger partial charge is 0.323 e.